The van der Waals surface area contributed by atoms with Gasteiger partial charge in [0.15, 0.2) is 13.4 Å². The zero-order valence-corrected chi connectivity index (χ0v) is 70.6. The van der Waals surface area contributed by atoms with Crippen molar-refractivity contribution in [1.82, 2.24) is 0 Å². The van der Waals surface area contributed by atoms with Crippen molar-refractivity contribution in [3.63, 3.8) is 0 Å². The molecule has 0 unspecified atom stereocenters. The van der Waals surface area contributed by atoms with E-state index >= 15 is 0 Å². The second kappa shape index (κ2) is 57.8. The lowest BCUT2D eigenvalue weighted by molar-refractivity contribution is 0.459. The van der Waals surface area contributed by atoms with E-state index in [4.69, 9.17) is 0 Å². The molecule has 0 spiro atoms. The van der Waals surface area contributed by atoms with Gasteiger partial charge in [-0.3, -0.25) is 0 Å². The fourth-order valence-corrected chi connectivity index (χ4v) is 23.5. The molecule has 0 heterocycles. The Morgan fingerprint density at radius 1 is 0.293 bits per heavy atom. The van der Waals surface area contributed by atoms with Gasteiger partial charge in [-0.05, 0) is 6.42 Å². The van der Waals surface area contributed by atoms with Crippen molar-refractivity contribution < 1.29 is 0 Å². The molecule has 0 aliphatic heterocycles. The van der Waals surface area contributed by atoms with E-state index in [1.807, 2.05) is 0 Å². The van der Waals surface area contributed by atoms with Crippen LogP contribution < -0.4 is 0 Å². The van der Waals surface area contributed by atoms with Crippen molar-refractivity contribution in [3.05, 3.63) is 24.6 Å². The van der Waals surface area contributed by atoms with E-state index in [0.717, 1.165) is 91.7 Å². The van der Waals surface area contributed by atoms with E-state index in [1.54, 1.807) is 89.7 Å². The van der Waals surface area contributed by atoms with Gasteiger partial charge in [-0.2, -0.15) is 5.82 Å². The van der Waals surface area contributed by atoms with Crippen LogP contribution in [-0.2, 0) is 0 Å². The van der Waals surface area contributed by atoms with E-state index in [9.17, 15) is 0 Å². The summed E-state index contributed by atoms with van der Waals surface area (Å²) < 4.78 is 0. The second-order valence-electron chi connectivity index (χ2n) is 37.5. The van der Waals surface area contributed by atoms with Crippen molar-refractivity contribution >= 4 is 48.4 Å². The van der Waals surface area contributed by atoms with E-state index in [1.165, 1.54) is 340 Å². The summed E-state index contributed by atoms with van der Waals surface area (Å²) in [6.45, 7) is 30.8. The molecule has 0 aromatic carbocycles. The molecule has 0 aromatic rings. The lowest BCUT2D eigenvalue weighted by atomic mass is 9.28. The van der Waals surface area contributed by atoms with Crippen molar-refractivity contribution in [1.29, 1.82) is 0 Å². The molecule has 0 bridgehead atoms. The number of unbranched alkanes of at least 4 members (excludes halogenated alkanes) is 7. The third kappa shape index (κ3) is 38.3. The number of allylic oxidation sites excluding steroid dienone is 1. The Bertz CT molecular complexity index is 1810. The maximum Gasteiger partial charge on any atom is 0.230 e. The highest BCUT2D eigenvalue weighted by Gasteiger charge is 2.38. The van der Waals surface area contributed by atoms with Gasteiger partial charge in [-0.15, -0.1) is 24.1 Å². The van der Waals surface area contributed by atoms with Gasteiger partial charge < -0.3 is 0 Å². The fraction of sp³-hybridized carbons (Fsp3) is 0.935. The van der Waals surface area contributed by atoms with Crippen LogP contribution in [0.4, 0.5) is 0 Å². The van der Waals surface area contributed by atoms with E-state index in [0.29, 0.717) is 6.71 Å². The molecule has 0 radical (unpaired) electrons. The maximum absolute atomic E-state index is 4.11. The monoisotopic (exact) mass is 1380 g/mol. The molecule has 0 atom stereocenters. The Kier molecular flexibility index (Phi) is 52.1. The lowest BCUT2D eigenvalue weighted by Crippen LogP contribution is -2.30. The molecule has 0 aromatic heterocycles. The normalized spacial score (nSPS) is 22.0. The van der Waals surface area contributed by atoms with Gasteiger partial charge >= 0.3 is 0 Å². The highest BCUT2D eigenvalue weighted by atomic mass is 28.3. The van der Waals surface area contributed by atoms with Crippen LogP contribution in [0.15, 0.2) is 24.6 Å². The smallest absolute Gasteiger partial charge is 0.162 e. The van der Waals surface area contributed by atoms with Gasteiger partial charge in [0.05, 0.1) is 0 Å². The molecule has 10 rings (SSSR count). The first-order valence-corrected chi connectivity index (χ1v) is 50.9. The van der Waals surface area contributed by atoms with Gasteiger partial charge in [-0.25, -0.2) is 0 Å². The molecule has 566 valence electrons. The van der Waals surface area contributed by atoms with Crippen LogP contribution >= 0.6 is 0 Å². The quantitative estimate of drug-likeness (QED) is 0.0398. The zero-order valence-electron chi connectivity index (χ0n) is 69.6. The third-order valence-electron chi connectivity index (χ3n) is 28.6. The third-order valence-corrected chi connectivity index (χ3v) is 29.5. The lowest BCUT2D eigenvalue weighted by Gasteiger charge is -2.35. The maximum atomic E-state index is 4.11. The van der Waals surface area contributed by atoms with Gasteiger partial charge in [0.2, 0.25) is 6.71 Å². The number of rotatable bonds is 29. The second-order valence-corrected chi connectivity index (χ2v) is 42.2. The van der Waals surface area contributed by atoms with Crippen LogP contribution in [0.3, 0.4) is 0 Å². The topological polar surface area (TPSA) is 0 Å². The van der Waals surface area contributed by atoms with Gasteiger partial charge in [0.25, 0.3) is 0 Å². The van der Waals surface area contributed by atoms with Crippen molar-refractivity contribution in [2.24, 2.45) is 0 Å². The summed E-state index contributed by atoms with van der Waals surface area (Å²) in [5.41, 5.74) is 3.53. The summed E-state index contributed by atoms with van der Waals surface area (Å²) in [4.78, 5) is 0. The largest absolute Gasteiger partial charge is 0.230 e. The Labute approximate surface area is 629 Å². The summed E-state index contributed by atoms with van der Waals surface area (Å²) in [5.74, 6) is 19.2. The molecule has 10 aliphatic rings. The average Bonchev–Trinajstić information content (AvgIpc) is 0.961. The summed E-state index contributed by atoms with van der Waals surface area (Å²) in [5, 5.41) is 0. The van der Waals surface area contributed by atoms with E-state index in [-0.39, 0.29) is 0 Å². The Morgan fingerprint density at radius 3 is 0.808 bits per heavy atom. The Hall–Kier alpha value is -0.354. The SMILES string of the molecule is C=CB(C1CCCCC1)C1CCCCC1.CCB(C1CCCCC1)C1CCCCC1.CCCCB(C#C[Si](C)(C)C)CCCC.CCCCB(C1CCCCC1)C1CCCCC1.CCCCC=CB(C1CCCCC1)C1CCCCC1.CCCCCB(C1CCCCC1)C1CCCCC1. The van der Waals surface area contributed by atoms with Gasteiger partial charge in [0, 0.05) is 0 Å². The molecule has 10 fully saturated rings. The minimum absolute atomic E-state index is 0.677. The zero-order chi connectivity index (χ0) is 70.6. The molecule has 99 heavy (non-hydrogen) atoms. The van der Waals surface area contributed by atoms with Gasteiger partial charge in [0.1, 0.15) is 28.2 Å². The minimum atomic E-state index is -1.16. The van der Waals surface area contributed by atoms with Gasteiger partial charge in [-0.1, -0.05) is 549 Å². The van der Waals surface area contributed by atoms with Crippen LogP contribution in [0.25, 0.3) is 0 Å². The molecule has 0 amide bonds. The molecule has 0 N–H and O–H groups in total. The number of hydrogen-bond donors (Lipinski definition) is 0. The van der Waals surface area contributed by atoms with Crippen molar-refractivity contribution in [2.45, 2.75) is 549 Å². The predicted molar refractivity (Wildman–Crippen MR) is 467 cm³/mol. The van der Waals surface area contributed by atoms with Crippen LogP contribution in [0.1, 0.15) is 440 Å². The molecule has 0 saturated heterocycles. The van der Waals surface area contributed by atoms with Crippen LogP contribution in [0, 0.1) is 11.4 Å². The fourth-order valence-electron chi connectivity index (χ4n) is 22.8. The minimum Gasteiger partial charge on any atom is -0.162 e. The molecule has 10 aliphatic carbocycles. The number of hydrogen-bond acceptors (Lipinski definition) is 0. The Balaban J connectivity index is 0.000000215. The van der Waals surface area contributed by atoms with Crippen LogP contribution in [0.5, 0.6) is 0 Å². The van der Waals surface area contributed by atoms with Crippen molar-refractivity contribution in [2.75, 3.05) is 0 Å². The van der Waals surface area contributed by atoms with E-state index < -0.39 is 8.07 Å². The average molecular weight is 1380 g/mol. The summed E-state index contributed by atoms with van der Waals surface area (Å²) in [7, 11) is -1.16. The van der Waals surface area contributed by atoms with Crippen LogP contribution in [0.2, 0.25) is 109 Å². The molecule has 10 saturated carbocycles. The first-order chi connectivity index (χ1) is 48.6. The molecule has 0 nitrogen and oxygen atoms in total. The Morgan fingerprint density at radius 2 is 0.545 bits per heavy atom. The first kappa shape index (κ1) is 89.3. The standard InChI is InChI=1S/C18H33B.C17H33B.C16H31B.C14H27B.C14H25B.C13H27BSi/c1-2-3-4-11-16-19(17-12-7-5-8-13-17)18-14-9-6-10-15-18;1-2-3-10-15-18(16-11-6-4-7-12-16)17-13-8-5-9-14-17;1-2-3-14-17(15-10-6-4-7-11-15)16-12-8-5-9-13-16;2*1-2-15(13-9-5-3-6-10-13)14-11-7-4-8-12-14;1-6-8-10-14(11-9-7-2)12-13-15(3,4)5/h11,16-18H,2-10,12-15H2,1H3;16-17H,2-15H2,1H3;15-16H,2-14H2,1H3;13-14H,2-12H2,1H3;2,13-14H,1,3-12H2;6-11H2,1-5H3. The molecule has 7 heteroatoms. The van der Waals surface area contributed by atoms with E-state index in [2.05, 4.69) is 97.2 Å². The summed E-state index contributed by atoms with van der Waals surface area (Å²) in [6.07, 6.45) is 102. The molecular formula is C92H176B6Si. The first-order valence-electron chi connectivity index (χ1n) is 47.4. The van der Waals surface area contributed by atoms with Crippen LogP contribution in [-0.4, -0.2) is 48.4 Å². The van der Waals surface area contributed by atoms with Crippen molar-refractivity contribution in [3.8, 4) is 11.4 Å². The predicted octanol–water partition coefficient (Wildman–Crippen LogP) is 33.3. The summed E-state index contributed by atoms with van der Waals surface area (Å²) >= 11 is 0. The highest BCUT2D eigenvalue weighted by molar-refractivity contribution is 6.85. The summed E-state index contributed by atoms with van der Waals surface area (Å²) in [6, 6.07) is 0. The highest BCUT2D eigenvalue weighted by Crippen LogP contribution is 2.48. The molecular weight excluding hydrogens is 1200 g/mol.